The van der Waals surface area contributed by atoms with Crippen LogP contribution in [0.3, 0.4) is 0 Å². The van der Waals surface area contributed by atoms with E-state index in [0.29, 0.717) is 25.6 Å². The van der Waals surface area contributed by atoms with Gasteiger partial charge < -0.3 is 16.0 Å². The zero-order valence-electron chi connectivity index (χ0n) is 15.7. The van der Waals surface area contributed by atoms with Crippen LogP contribution in [0.2, 0.25) is 0 Å². The van der Waals surface area contributed by atoms with Gasteiger partial charge in [-0.3, -0.25) is 9.79 Å². The van der Waals surface area contributed by atoms with Gasteiger partial charge in [-0.05, 0) is 25.3 Å². The van der Waals surface area contributed by atoms with E-state index < -0.39 is 10.0 Å². The van der Waals surface area contributed by atoms with Gasteiger partial charge in [-0.2, -0.15) is 0 Å². The summed E-state index contributed by atoms with van der Waals surface area (Å²) in [4.78, 5) is 15.8. The number of nitrogens with one attached hydrogen (secondary N) is 4. The van der Waals surface area contributed by atoms with Crippen molar-refractivity contribution in [3.8, 4) is 0 Å². The lowest BCUT2D eigenvalue weighted by Crippen LogP contribution is -2.42. The van der Waals surface area contributed by atoms with Crippen LogP contribution in [0.5, 0.6) is 0 Å². The second-order valence-corrected chi connectivity index (χ2v) is 8.30. The van der Waals surface area contributed by atoms with Crippen molar-refractivity contribution in [1.82, 2.24) is 20.7 Å². The Morgan fingerprint density at radius 3 is 2.48 bits per heavy atom. The van der Waals surface area contributed by atoms with E-state index in [0.717, 1.165) is 18.4 Å². The highest BCUT2D eigenvalue weighted by molar-refractivity contribution is 7.89. The van der Waals surface area contributed by atoms with Crippen molar-refractivity contribution in [2.24, 2.45) is 10.9 Å². The molecule has 150 valence electrons. The second kappa shape index (κ2) is 10.9. The first-order valence-electron chi connectivity index (χ1n) is 9.31. The predicted molar refractivity (Wildman–Crippen MR) is 107 cm³/mol. The fourth-order valence-corrected chi connectivity index (χ4v) is 3.20. The highest BCUT2D eigenvalue weighted by Gasteiger charge is 2.28. The highest BCUT2D eigenvalue weighted by atomic mass is 32.2. The van der Waals surface area contributed by atoms with Crippen molar-refractivity contribution >= 4 is 21.9 Å². The Balaban J connectivity index is 1.69. The van der Waals surface area contributed by atoms with Crippen molar-refractivity contribution in [1.29, 1.82) is 0 Å². The minimum Gasteiger partial charge on any atom is -0.357 e. The van der Waals surface area contributed by atoms with Crippen LogP contribution in [0.4, 0.5) is 0 Å². The average molecular weight is 396 g/mol. The zero-order chi connectivity index (χ0) is 19.5. The third-order valence-corrected chi connectivity index (χ3v) is 5.28. The standard InChI is InChI=1S/C18H29N5O3S/c1-2-19-18(21-11-10-20-17(24)16-8-9-16)22-12-13-27(25,26)23-14-15-6-4-3-5-7-15/h3-7,16,23H,2,8-14H2,1H3,(H,20,24)(H2,19,21,22). The summed E-state index contributed by atoms with van der Waals surface area (Å²) < 4.78 is 26.7. The summed E-state index contributed by atoms with van der Waals surface area (Å²) in [6, 6.07) is 9.37. The molecule has 1 aliphatic rings. The number of aliphatic imine (C=N–C) groups is 1. The molecule has 2 rings (SSSR count). The quantitative estimate of drug-likeness (QED) is 0.243. The van der Waals surface area contributed by atoms with Crippen molar-refractivity contribution in [3.63, 3.8) is 0 Å². The van der Waals surface area contributed by atoms with E-state index in [2.05, 4.69) is 25.7 Å². The largest absolute Gasteiger partial charge is 0.357 e. The van der Waals surface area contributed by atoms with Gasteiger partial charge in [0.05, 0.1) is 12.3 Å². The third-order valence-electron chi connectivity index (χ3n) is 3.98. The molecule has 1 aromatic carbocycles. The first kappa shape index (κ1) is 21.2. The SMILES string of the molecule is CCNC(=NCCS(=O)(=O)NCc1ccccc1)NCCNC(=O)C1CC1. The van der Waals surface area contributed by atoms with Gasteiger partial charge in [0, 0.05) is 32.1 Å². The van der Waals surface area contributed by atoms with E-state index in [1.54, 1.807) is 0 Å². The molecule has 0 aliphatic heterocycles. The van der Waals surface area contributed by atoms with Crippen LogP contribution in [0.15, 0.2) is 35.3 Å². The smallest absolute Gasteiger partial charge is 0.223 e. The monoisotopic (exact) mass is 395 g/mol. The van der Waals surface area contributed by atoms with Gasteiger partial charge in [0.2, 0.25) is 15.9 Å². The van der Waals surface area contributed by atoms with E-state index in [-0.39, 0.29) is 30.7 Å². The van der Waals surface area contributed by atoms with E-state index in [9.17, 15) is 13.2 Å². The first-order chi connectivity index (χ1) is 13.0. The van der Waals surface area contributed by atoms with Gasteiger partial charge in [-0.25, -0.2) is 13.1 Å². The number of nitrogens with zero attached hydrogens (tertiary/aromatic N) is 1. The molecule has 0 radical (unpaired) electrons. The molecule has 8 nitrogen and oxygen atoms in total. The van der Waals surface area contributed by atoms with Crippen LogP contribution in [0.1, 0.15) is 25.3 Å². The normalized spacial score (nSPS) is 14.6. The van der Waals surface area contributed by atoms with E-state index in [4.69, 9.17) is 0 Å². The summed E-state index contributed by atoms with van der Waals surface area (Å²) >= 11 is 0. The van der Waals surface area contributed by atoms with Gasteiger partial charge in [-0.1, -0.05) is 30.3 Å². The maximum atomic E-state index is 12.1. The summed E-state index contributed by atoms with van der Waals surface area (Å²) in [6.07, 6.45) is 1.96. The molecule has 0 aromatic heterocycles. The molecule has 1 fully saturated rings. The van der Waals surface area contributed by atoms with E-state index >= 15 is 0 Å². The van der Waals surface area contributed by atoms with E-state index in [1.807, 2.05) is 37.3 Å². The van der Waals surface area contributed by atoms with Crippen LogP contribution in [-0.2, 0) is 21.4 Å². The molecular weight excluding hydrogens is 366 g/mol. The Morgan fingerprint density at radius 2 is 1.81 bits per heavy atom. The molecule has 1 saturated carbocycles. The molecule has 0 saturated heterocycles. The van der Waals surface area contributed by atoms with Gasteiger partial charge in [0.25, 0.3) is 0 Å². The third kappa shape index (κ3) is 8.87. The number of hydrogen-bond donors (Lipinski definition) is 4. The maximum absolute atomic E-state index is 12.1. The lowest BCUT2D eigenvalue weighted by atomic mass is 10.2. The Labute approximate surface area is 161 Å². The van der Waals surface area contributed by atoms with Gasteiger partial charge >= 0.3 is 0 Å². The summed E-state index contributed by atoms with van der Waals surface area (Å²) in [6.45, 7) is 4.06. The minimum absolute atomic E-state index is 0.0885. The van der Waals surface area contributed by atoms with Crippen LogP contribution >= 0.6 is 0 Å². The summed E-state index contributed by atoms with van der Waals surface area (Å²) in [5.41, 5.74) is 0.910. The first-order valence-corrected chi connectivity index (χ1v) is 11.0. The maximum Gasteiger partial charge on any atom is 0.223 e. The number of amides is 1. The van der Waals surface area contributed by atoms with Crippen molar-refractivity contribution in [2.75, 3.05) is 31.9 Å². The number of rotatable bonds is 11. The summed E-state index contributed by atoms with van der Waals surface area (Å²) in [7, 11) is -3.40. The molecule has 1 aliphatic carbocycles. The molecule has 9 heteroatoms. The lowest BCUT2D eigenvalue weighted by molar-refractivity contribution is -0.122. The van der Waals surface area contributed by atoms with Gasteiger partial charge in [-0.15, -0.1) is 0 Å². The molecule has 4 N–H and O–H groups in total. The van der Waals surface area contributed by atoms with Gasteiger partial charge in [0.15, 0.2) is 5.96 Å². The lowest BCUT2D eigenvalue weighted by Gasteiger charge is -2.12. The number of hydrogen-bond acceptors (Lipinski definition) is 4. The Kier molecular flexibility index (Phi) is 8.53. The van der Waals surface area contributed by atoms with Crippen LogP contribution in [0, 0.1) is 5.92 Å². The Morgan fingerprint density at radius 1 is 1.11 bits per heavy atom. The van der Waals surface area contributed by atoms with Gasteiger partial charge in [0.1, 0.15) is 0 Å². The molecule has 0 atom stereocenters. The van der Waals surface area contributed by atoms with Crippen molar-refractivity contribution < 1.29 is 13.2 Å². The molecule has 1 amide bonds. The van der Waals surface area contributed by atoms with Crippen LogP contribution in [0.25, 0.3) is 0 Å². The number of sulfonamides is 1. The fraction of sp³-hybridized carbons (Fsp3) is 0.556. The Bertz CT molecular complexity index is 718. The fourth-order valence-electron chi connectivity index (χ4n) is 2.34. The van der Waals surface area contributed by atoms with Crippen LogP contribution < -0.4 is 20.7 Å². The van der Waals surface area contributed by atoms with E-state index in [1.165, 1.54) is 0 Å². The molecule has 0 heterocycles. The molecule has 0 bridgehead atoms. The summed E-state index contributed by atoms with van der Waals surface area (Å²) in [5.74, 6) is 0.751. The topological polar surface area (TPSA) is 112 Å². The molecular formula is C18H29N5O3S. The number of benzene rings is 1. The Hall–Kier alpha value is -2.13. The predicted octanol–water partition coefficient (Wildman–Crippen LogP) is 0.187. The number of carbonyl (C=O) groups is 1. The average Bonchev–Trinajstić information content (AvgIpc) is 3.49. The molecule has 1 aromatic rings. The molecule has 27 heavy (non-hydrogen) atoms. The van der Waals surface area contributed by atoms with Crippen molar-refractivity contribution in [2.45, 2.75) is 26.3 Å². The highest BCUT2D eigenvalue weighted by Crippen LogP contribution is 2.28. The number of guanidine groups is 1. The number of carbonyl (C=O) groups excluding carboxylic acids is 1. The zero-order valence-corrected chi connectivity index (χ0v) is 16.5. The second-order valence-electron chi connectivity index (χ2n) is 6.38. The molecule has 0 unspecified atom stereocenters. The summed E-state index contributed by atoms with van der Waals surface area (Å²) in [5, 5.41) is 9.01. The van der Waals surface area contributed by atoms with Crippen LogP contribution in [-0.4, -0.2) is 52.2 Å². The van der Waals surface area contributed by atoms with Crippen molar-refractivity contribution in [3.05, 3.63) is 35.9 Å². The molecule has 0 spiro atoms. The minimum atomic E-state index is -3.40.